The molecule has 0 aliphatic rings. The molecule has 7 heteroatoms. The van der Waals surface area contributed by atoms with Gasteiger partial charge in [-0.1, -0.05) is 11.3 Å². The van der Waals surface area contributed by atoms with Crippen molar-refractivity contribution in [3.05, 3.63) is 40.0 Å². The smallest absolute Gasteiger partial charge is 0.341 e. The van der Waals surface area contributed by atoms with Crippen LogP contribution in [0, 0.1) is 19.7 Å². The lowest BCUT2D eigenvalue weighted by molar-refractivity contribution is 0.0527. The Labute approximate surface area is 140 Å². The molecule has 0 bridgehead atoms. The lowest BCUT2D eigenvalue weighted by Crippen LogP contribution is -2.07. The first-order chi connectivity index (χ1) is 11.0. The highest BCUT2D eigenvalue weighted by atomic mass is 32.1. The zero-order valence-corrected chi connectivity index (χ0v) is 14.5. The van der Waals surface area contributed by atoms with E-state index in [2.05, 4.69) is 10.3 Å². The predicted octanol–water partition coefficient (Wildman–Crippen LogP) is 5.03. The van der Waals surface area contributed by atoms with E-state index in [0.29, 0.717) is 22.3 Å². The summed E-state index contributed by atoms with van der Waals surface area (Å²) in [5, 5.41) is 4.51. The first-order valence-corrected chi connectivity index (χ1v) is 8.73. The zero-order chi connectivity index (χ0) is 16.6. The number of anilines is 2. The summed E-state index contributed by atoms with van der Waals surface area (Å²) in [6.45, 7) is 5.97. The van der Waals surface area contributed by atoms with Crippen LogP contribution in [0.25, 0.3) is 10.2 Å². The number of benzene rings is 1. The molecule has 0 saturated heterocycles. The van der Waals surface area contributed by atoms with Crippen LogP contribution in [-0.4, -0.2) is 17.6 Å². The number of nitrogens with one attached hydrogen (secondary N) is 1. The van der Waals surface area contributed by atoms with Crippen molar-refractivity contribution < 1.29 is 13.9 Å². The SMILES string of the molecule is CCOC(=O)c1c(Nc2nc3ccc(F)cc3s2)sc(C)c1C. The number of aromatic nitrogens is 1. The summed E-state index contributed by atoms with van der Waals surface area (Å²) in [7, 11) is 0. The first kappa shape index (κ1) is 15.9. The van der Waals surface area contributed by atoms with Gasteiger partial charge in [-0.05, 0) is 44.5 Å². The van der Waals surface area contributed by atoms with E-state index in [-0.39, 0.29) is 11.8 Å². The molecule has 23 heavy (non-hydrogen) atoms. The van der Waals surface area contributed by atoms with Gasteiger partial charge < -0.3 is 10.1 Å². The van der Waals surface area contributed by atoms with Crippen molar-refractivity contribution in [2.75, 3.05) is 11.9 Å². The van der Waals surface area contributed by atoms with E-state index in [1.165, 1.54) is 34.8 Å². The predicted molar refractivity (Wildman–Crippen MR) is 92.6 cm³/mol. The maximum atomic E-state index is 13.3. The van der Waals surface area contributed by atoms with Gasteiger partial charge in [0, 0.05) is 4.88 Å². The topological polar surface area (TPSA) is 51.2 Å². The van der Waals surface area contributed by atoms with Crippen LogP contribution in [0.15, 0.2) is 18.2 Å². The lowest BCUT2D eigenvalue weighted by Gasteiger charge is -2.05. The summed E-state index contributed by atoms with van der Waals surface area (Å²) >= 11 is 2.83. The monoisotopic (exact) mass is 350 g/mol. The number of halogens is 1. The summed E-state index contributed by atoms with van der Waals surface area (Å²) in [6, 6.07) is 4.48. The number of aryl methyl sites for hydroxylation is 1. The molecular weight excluding hydrogens is 335 g/mol. The zero-order valence-electron chi connectivity index (χ0n) is 12.9. The fourth-order valence-corrected chi connectivity index (χ4v) is 4.22. The molecule has 3 aromatic rings. The van der Waals surface area contributed by atoms with Gasteiger partial charge in [-0.25, -0.2) is 14.2 Å². The molecule has 3 rings (SSSR count). The molecule has 0 radical (unpaired) electrons. The third-order valence-corrected chi connectivity index (χ3v) is 5.49. The van der Waals surface area contributed by atoms with Crippen LogP contribution in [-0.2, 0) is 4.74 Å². The molecule has 0 aliphatic carbocycles. The first-order valence-electron chi connectivity index (χ1n) is 7.09. The highest BCUT2D eigenvalue weighted by molar-refractivity contribution is 7.23. The third-order valence-electron chi connectivity index (χ3n) is 3.44. The van der Waals surface area contributed by atoms with Gasteiger partial charge in [-0.3, -0.25) is 0 Å². The average Bonchev–Trinajstić information content (AvgIpc) is 3.00. The summed E-state index contributed by atoms with van der Waals surface area (Å²) in [5.74, 6) is -0.633. The number of ether oxygens (including phenoxy) is 1. The largest absolute Gasteiger partial charge is 0.462 e. The van der Waals surface area contributed by atoms with Crippen molar-refractivity contribution in [1.29, 1.82) is 0 Å². The van der Waals surface area contributed by atoms with Crippen LogP contribution in [0.3, 0.4) is 0 Å². The number of esters is 1. The van der Waals surface area contributed by atoms with Crippen LogP contribution >= 0.6 is 22.7 Å². The van der Waals surface area contributed by atoms with Gasteiger partial charge in [-0.15, -0.1) is 11.3 Å². The number of thiazole rings is 1. The van der Waals surface area contributed by atoms with Gasteiger partial charge in [0.2, 0.25) is 0 Å². The molecule has 120 valence electrons. The maximum Gasteiger partial charge on any atom is 0.341 e. The van der Waals surface area contributed by atoms with Crippen LogP contribution in [0.1, 0.15) is 27.7 Å². The number of fused-ring (bicyclic) bond motifs is 1. The van der Waals surface area contributed by atoms with Crippen LogP contribution in [0.5, 0.6) is 0 Å². The number of hydrogen-bond donors (Lipinski definition) is 1. The quantitative estimate of drug-likeness (QED) is 0.670. The average molecular weight is 350 g/mol. The van der Waals surface area contributed by atoms with Crippen molar-refractivity contribution in [3.63, 3.8) is 0 Å². The Bertz CT molecular complexity index is 886. The van der Waals surface area contributed by atoms with Gasteiger partial charge >= 0.3 is 5.97 Å². The molecule has 2 heterocycles. The highest BCUT2D eigenvalue weighted by Gasteiger charge is 2.21. The van der Waals surface area contributed by atoms with Crippen molar-refractivity contribution in [1.82, 2.24) is 4.98 Å². The molecule has 4 nitrogen and oxygen atoms in total. The number of rotatable bonds is 4. The molecule has 0 amide bonds. The van der Waals surface area contributed by atoms with Crippen molar-refractivity contribution in [2.24, 2.45) is 0 Å². The van der Waals surface area contributed by atoms with Gasteiger partial charge in [0.15, 0.2) is 5.13 Å². The summed E-state index contributed by atoms with van der Waals surface area (Å²) in [6.07, 6.45) is 0. The van der Waals surface area contributed by atoms with Crippen LogP contribution in [0.2, 0.25) is 0 Å². The number of thiophene rings is 1. The van der Waals surface area contributed by atoms with Crippen molar-refractivity contribution in [2.45, 2.75) is 20.8 Å². The van der Waals surface area contributed by atoms with Gasteiger partial charge in [0.1, 0.15) is 10.8 Å². The molecule has 0 spiro atoms. The summed E-state index contributed by atoms with van der Waals surface area (Å²) in [4.78, 5) is 17.7. The molecule has 0 atom stereocenters. The van der Waals surface area contributed by atoms with Crippen molar-refractivity contribution in [3.8, 4) is 0 Å². The number of hydrogen-bond acceptors (Lipinski definition) is 6. The van der Waals surface area contributed by atoms with E-state index in [4.69, 9.17) is 4.74 Å². The normalized spacial score (nSPS) is 11.0. The van der Waals surface area contributed by atoms with Crippen molar-refractivity contribution >= 4 is 49.0 Å². The second kappa shape index (κ2) is 6.25. The Morgan fingerprint density at radius 3 is 2.87 bits per heavy atom. The Kier molecular flexibility index (Phi) is 4.32. The molecule has 0 fully saturated rings. The van der Waals surface area contributed by atoms with E-state index in [1.807, 2.05) is 13.8 Å². The number of carbonyl (C=O) groups excluding carboxylic acids is 1. The van der Waals surface area contributed by atoms with Crippen LogP contribution < -0.4 is 5.32 Å². The molecule has 0 unspecified atom stereocenters. The van der Waals surface area contributed by atoms with E-state index < -0.39 is 0 Å². The van der Waals surface area contributed by atoms with Crippen LogP contribution in [0.4, 0.5) is 14.5 Å². The Balaban J connectivity index is 1.98. The van der Waals surface area contributed by atoms with Gasteiger partial charge in [-0.2, -0.15) is 0 Å². The van der Waals surface area contributed by atoms with Gasteiger partial charge in [0.05, 0.1) is 22.4 Å². The van der Waals surface area contributed by atoms with E-state index in [0.717, 1.165) is 20.7 Å². The number of nitrogens with zero attached hydrogens (tertiary/aromatic N) is 1. The fraction of sp³-hybridized carbons (Fsp3) is 0.250. The third kappa shape index (κ3) is 3.07. The van der Waals surface area contributed by atoms with E-state index >= 15 is 0 Å². The Morgan fingerprint density at radius 2 is 2.13 bits per heavy atom. The van der Waals surface area contributed by atoms with Gasteiger partial charge in [0.25, 0.3) is 0 Å². The molecule has 0 aliphatic heterocycles. The fourth-order valence-electron chi connectivity index (χ4n) is 2.21. The van der Waals surface area contributed by atoms with E-state index in [1.54, 1.807) is 13.0 Å². The molecule has 0 saturated carbocycles. The second-order valence-corrected chi connectivity index (χ2v) is 7.22. The Hall–Kier alpha value is -1.99. The lowest BCUT2D eigenvalue weighted by atomic mass is 10.1. The highest BCUT2D eigenvalue weighted by Crippen LogP contribution is 2.37. The second-order valence-electron chi connectivity index (χ2n) is 4.96. The number of carbonyl (C=O) groups is 1. The standard InChI is InChI=1S/C16H15FN2O2S2/c1-4-21-15(20)13-8(2)9(3)22-14(13)19-16-18-11-6-5-10(17)7-12(11)23-16/h5-7H,4H2,1-3H3,(H,18,19). The molecule has 2 aromatic heterocycles. The molecule has 1 aromatic carbocycles. The minimum absolute atomic E-state index is 0.289. The minimum Gasteiger partial charge on any atom is -0.462 e. The van der Waals surface area contributed by atoms with E-state index in [9.17, 15) is 9.18 Å². The summed E-state index contributed by atoms with van der Waals surface area (Å²) in [5.41, 5.74) is 2.17. The maximum absolute atomic E-state index is 13.3. The minimum atomic E-state index is -0.344. The molecule has 1 N–H and O–H groups in total. The Morgan fingerprint density at radius 1 is 1.35 bits per heavy atom. The summed E-state index contributed by atoms with van der Waals surface area (Å²) < 4.78 is 19.2. The molecular formula is C16H15FN2O2S2.